The Balaban J connectivity index is 2.13. The van der Waals surface area contributed by atoms with E-state index in [4.69, 9.17) is 0 Å². The van der Waals surface area contributed by atoms with E-state index in [9.17, 15) is 0 Å². The summed E-state index contributed by atoms with van der Waals surface area (Å²) in [4.78, 5) is 0. The van der Waals surface area contributed by atoms with Gasteiger partial charge in [-0.2, -0.15) is 0 Å². The Labute approximate surface area is 106 Å². The Morgan fingerprint density at radius 3 is 2.06 bits per heavy atom. The molecule has 2 heterocycles. The minimum atomic E-state index is 0.592. The van der Waals surface area contributed by atoms with Crippen LogP contribution in [0.15, 0.2) is 48.5 Å². The number of para-hydroxylation sites is 2. The molecule has 90 valence electrons. The van der Waals surface area contributed by atoms with E-state index in [1.165, 1.54) is 28.2 Å². The lowest BCUT2D eigenvalue weighted by Gasteiger charge is -2.14. The van der Waals surface area contributed by atoms with Gasteiger partial charge < -0.3 is 9.88 Å². The van der Waals surface area contributed by atoms with Crippen LogP contribution >= 0.6 is 0 Å². The van der Waals surface area contributed by atoms with Gasteiger partial charge in [-0.3, -0.25) is 0 Å². The second kappa shape index (κ2) is 3.85. The Bertz CT molecular complexity index is 652. The van der Waals surface area contributed by atoms with Crippen LogP contribution in [-0.4, -0.2) is 17.7 Å². The number of benzene rings is 2. The van der Waals surface area contributed by atoms with Crippen LogP contribution in [0.5, 0.6) is 0 Å². The molecule has 2 nitrogen and oxygen atoms in total. The van der Waals surface area contributed by atoms with Crippen molar-refractivity contribution in [2.75, 3.05) is 13.1 Å². The molecule has 1 saturated heterocycles. The van der Waals surface area contributed by atoms with Gasteiger partial charge in [0.05, 0.1) is 0 Å². The number of fused-ring (bicyclic) bond motifs is 3. The predicted octanol–water partition coefficient (Wildman–Crippen LogP) is 3.33. The van der Waals surface area contributed by atoms with Gasteiger partial charge in [0, 0.05) is 34.4 Å². The van der Waals surface area contributed by atoms with E-state index in [2.05, 4.69) is 58.4 Å². The quantitative estimate of drug-likeness (QED) is 0.685. The van der Waals surface area contributed by atoms with Crippen molar-refractivity contribution in [2.45, 2.75) is 12.5 Å². The van der Waals surface area contributed by atoms with Gasteiger partial charge in [0.1, 0.15) is 0 Å². The maximum atomic E-state index is 3.47. The molecule has 0 saturated carbocycles. The summed E-state index contributed by atoms with van der Waals surface area (Å²) in [7, 11) is 0. The van der Waals surface area contributed by atoms with Gasteiger partial charge in [-0.25, -0.2) is 0 Å². The first kappa shape index (κ1) is 10.2. The van der Waals surface area contributed by atoms with E-state index in [-0.39, 0.29) is 0 Å². The van der Waals surface area contributed by atoms with Crippen molar-refractivity contribution in [1.29, 1.82) is 0 Å². The van der Waals surface area contributed by atoms with E-state index in [1.807, 2.05) is 0 Å². The smallest absolute Gasteiger partial charge is 0.0494 e. The van der Waals surface area contributed by atoms with Crippen molar-refractivity contribution in [3.63, 3.8) is 0 Å². The molecular weight excluding hydrogens is 220 g/mol. The van der Waals surface area contributed by atoms with Crippen molar-refractivity contribution in [1.82, 2.24) is 9.88 Å². The summed E-state index contributed by atoms with van der Waals surface area (Å²) in [6, 6.07) is 18.1. The first-order valence-electron chi connectivity index (χ1n) is 6.63. The molecule has 1 fully saturated rings. The topological polar surface area (TPSA) is 17.0 Å². The largest absolute Gasteiger partial charge is 0.336 e. The molecule has 2 aromatic carbocycles. The first-order chi connectivity index (χ1) is 8.95. The highest BCUT2D eigenvalue weighted by Gasteiger charge is 2.20. The lowest BCUT2D eigenvalue weighted by atomic mass is 10.2. The van der Waals surface area contributed by atoms with E-state index < -0.39 is 0 Å². The SMILES string of the molecule is c1ccc2c(c1)c1ccccc1n2[C@@H]1CCNC1. The Morgan fingerprint density at radius 1 is 0.889 bits per heavy atom. The average molecular weight is 236 g/mol. The Hall–Kier alpha value is -1.80. The predicted molar refractivity (Wildman–Crippen MR) is 76.0 cm³/mol. The van der Waals surface area contributed by atoms with E-state index in [1.54, 1.807) is 0 Å². The van der Waals surface area contributed by atoms with Crippen molar-refractivity contribution in [2.24, 2.45) is 0 Å². The van der Waals surface area contributed by atoms with Crippen LogP contribution in [0.4, 0.5) is 0 Å². The Kier molecular flexibility index (Phi) is 2.17. The van der Waals surface area contributed by atoms with Crippen molar-refractivity contribution in [3.05, 3.63) is 48.5 Å². The fourth-order valence-corrected chi connectivity index (χ4v) is 3.21. The average Bonchev–Trinajstić information content (AvgIpc) is 3.03. The molecule has 0 unspecified atom stereocenters. The zero-order valence-electron chi connectivity index (χ0n) is 10.3. The molecule has 18 heavy (non-hydrogen) atoms. The minimum Gasteiger partial charge on any atom is -0.336 e. The summed E-state index contributed by atoms with van der Waals surface area (Å²) >= 11 is 0. The lowest BCUT2D eigenvalue weighted by molar-refractivity contribution is 0.581. The maximum Gasteiger partial charge on any atom is 0.0494 e. The summed E-state index contributed by atoms with van der Waals surface area (Å²) < 4.78 is 2.52. The fourth-order valence-electron chi connectivity index (χ4n) is 3.21. The molecular formula is C16H16N2. The molecule has 0 bridgehead atoms. The summed E-state index contributed by atoms with van der Waals surface area (Å²) in [5.41, 5.74) is 2.74. The van der Waals surface area contributed by atoms with Crippen molar-refractivity contribution < 1.29 is 0 Å². The minimum absolute atomic E-state index is 0.592. The number of nitrogens with one attached hydrogen (secondary N) is 1. The summed E-state index contributed by atoms with van der Waals surface area (Å²) in [5, 5.41) is 6.22. The number of hydrogen-bond acceptors (Lipinski definition) is 1. The standard InChI is InChI=1S/C16H16N2/c1-3-7-15-13(5-1)14-6-2-4-8-16(14)18(15)12-9-10-17-11-12/h1-8,12,17H,9-11H2/t12-/m1/s1. The van der Waals surface area contributed by atoms with Crippen LogP contribution < -0.4 is 5.32 Å². The molecule has 1 atom stereocenters. The van der Waals surface area contributed by atoms with Crippen LogP contribution in [0, 0.1) is 0 Å². The van der Waals surface area contributed by atoms with Crippen LogP contribution in [0.1, 0.15) is 12.5 Å². The van der Waals surface area contributed by atoms with E-state index in [0.717, 1.165) is 13.1 Å². The van der Waals surface area contributed by atoms with Crippen molar-refractivity contribution >= 4 is 21.8 Å². The molecule has 0 aliphatic carbocycles. The fraction of sp³-hybridized carbons (Fsp3) is 0.250. The zero-order chi connectivity index (χ0) is 11.9. The maximum absolute atomic E-state index is 3.47. The lowest BCUT2D eigenvalue weighted by Crippen LogP contribution is -2.13. The number of nitrogens with zero attached hydrogens (tertiary/aromatic N) is 1. The normalized spacial score (nSPS) is 19.9. The Morgan fingerprint density at radius 2 is 1.50 bits per heavy atom. The van der Waals surface area contributed by atoms with Gasteiger partial charge in [-0.15, -0.1) is 0 Å². The van der Waals surface area contributed by atoms with Crippen LogP contribution in [0.2, 0.25) is 0 Å². The molecule has 1 aliphatic rings. The summed E-state index contributed by atoms with van der Waals surface area (Å²) in [6.07, 6.45) is 1.22. The third-order valence-electron chi connectivity index (χ3n) is 4.02. The highest BCUT2D eigenvalue weighted by Crippen LogP contribution is 2.33. The second-order valence-corrected chi connectivity index (χ2v) is 5.05. The number of aromatic nitrogens is 1. The molecule has 3 aromatic rings. The van der Waals surface area contributed by atoms with Gasteiger partial charge in [0.2, 0.25) is 0 Å². The molecule has 0 radical (unpaired) electrons. The second-order valence-electron chi connectivity index (χ2n) is 5.05. The molecule has 1 N–H and O–H groups in total. The number of rotatable bonds is 1. The van der Waals surface area contributed by atoms with Gasteiger partial charge in [0.15, 0.2) is 0 Å². The third kappa shape index (κ3) is 1.33. The molecule has 4 rings (SSSR count). The first-order valence-corrected chi connectivity index (χ1v) is 6.63. The molecule has 1 aliphatic heterocycles. The zero-order valence-corrected chi connectivity index (χ0v) is 10.3. The third-order valence-corrected chi connectivity index (χ3v) is 4.02. The monoisotopic (exact) mass is 236 g/mol. The van der Waals surface area contributed by atoms with Crippen LogP contribution in [0.25, 0.3) is 21.8 Å². The van der Waals surface area contributed by atoms with Gasteiger partial charge in [-0.05, 0) is 25.1 Å². The van der Waals surface area contributed by atoms with Gasteiger partial charge in [0.25, 0.3) is 0 Å². The van der Waals surface area contributed by atoms with E-state index in [0.29, 0.717) is 6.04 Å². The molecule has 2 heteroatoms. The van der Waals surface area contributed by atoms with Crippen LogP contribution in [0.3, 0.4) is 0 Å². The van der Waals surface area contributed by atoms with Crippen molar-refractivity contribution in [3.8, 4) is 0 Å². The van der Waals surface area contributed by atoms with Crippen LogP contribution in [-0.2, 0) is 0 Å². The van der Waals surface area contributed by atoms with E-state index >= 15 is 0 Å². The summed E-state index contributed by atoms with van der Waals surface area (Å²) in [5.74, 6) is 0. The highest BCUT2D eigenvalue weighted by atomic mass is 15.1. The van der Waals surface area contributed by atoms with Gasteiger partial charge >= 0.3 is 0 Å². The highest BCUT2D eigenvalue weighted by molar-refractivity contribution is 6.08. The number of hydrogen-bond donors (Lipinski definition) is 1. The van der Waals surface area contributed by atoms with Gasteiger partial charge in [-0.1, -0.05) is 36.4 Å². The molecule has 0 amide bonds. The summed E-state index contributed by atoms with van der Waals surface area (Å²) in [6.45, 7) is 2.22. The molecule has 1 aromatic heterocycles. The molecule has 0 spiro atoms.